The van der Waals surface area contributed by atoms with E-state index in [-0.39, 0.29) is 11.3 Å². The molecule has 0 spiro atoms. The molecule has 1 N–H and O–H groups in total. The van der Waals surface area contributed by atoms with Crippen LogP contribution in [0.4, 0.5) is 10.1 Å². The van der Waals surface area contributed by atoms with Crippen LogP contribution < -0.4 is 5.32 Å². The number of anilines is 1. The lowest BCUT2D eigenvalue weighted by Crippen LogP contribution is -2.12. The molecular weight excluding hydrogens is 271 g/mol. The van der Waals surface area contributed by atoms with Crippen LogP contribution >= 0.6 is 0 Å². The van der Waals surface area contributed by atoms with E-state index in [4.69, 9.17) is 9.68 Å². The highest BCUT2D eigenvalue weighted by Gasteiger charge is 2.15. The second-order valence-electron chi connectivity index (χ2n) is 4.40. The van der Waals surface area contributed by atoms with Gasteiger partial charge in [-0.15, -0.1) is 0 Å². The minimum absolute atomic E-state index is 0.0659. The topological polar surface area (TPSA) is 66.0 Å². The first kappa shape index (κ1) is 12.9. The van der Waals surface area contributed by atoms with Crippen LogP contribution in [0.1, 0.15) is 15.9 Å². The van der Waals surface area contributed by atoms with Gasteiger partial charge in [0.05, 0.1) is 16.8 Å². The first-order valence-corrected chi connectivity index (χ1v) is 6.16. The summed E-state index contributed by atoms with van der Waals surface area (Å²) in [4.78, 5) is 12.3. The third kappa shape index (κ3) is 2.35. The largest absolute Gasteiger partial charge is 0.463 e. The summed E-state index contributed by atoms with van der Waals surface area (Å²) < 4.78 is 18.4. The van der Waals surface area contributed by atoms with Crippen molar-refractivity contribution in [2.75, 3.05) is 5.32 Å². The Morgan fingerprint density at radius 2 is 2.05 bits per heavy atom. The number of nitrogens with one attached hydrogen (secondary N) is 1. The van der Waals surface area contributed by atoms with Gasteiger partial charge in [0, 0.05) is 5.39 Å². The summed E-state index contributed by atoms with van der Waals surface area (Å²) in [5, 5.41) is 12.2. The van der Waals surface area contributed by atoms with E-state index in [1.807, 2.05) is 6.07 Å². The molecule has 0 aliphatic heterocycles. The molecule has 0 unspecified atom stereocenters. The average molecular weight is 280 g/mol. The number of furan rings is 1. The van der Waals surface area contributed by atoms with Crippen molar-refractivity contribution in [3.05, 3.63) is 65.7 Å². The number of nitrogens with zero attached hydrogens (tertiary/aromatic N) is 1. The standard InChI is InChI=1S/C16H9FN2O2/c17-11-5-6-14(10(7-11)8-18)19-16(20)13-9-21-15-4-2-1-3-12(13)15/h1-7,9H,(H,19,20). The van der Waals surface area contributed by atoms with Gasteiger partial charge in [-0.25, -0.2) is 4.39 Å². The maximum atomic E-state index is 13.1. The fourth-order valence-electron chi connectivity index (χ4n) is 2.06. The van der Waals surface area contributed by atoms with Crippen molar-refractivity contribution in [1.82, 2.24) is 0 Å². The second kappa shape index (κ2) is 5.10. The van der Waals surface area contributed by atoms with Crippen LogP contribution in [-0.2, 0) is 0 Å². The molecule has 0 bridgehead atoms. The molecule has 0 fully saturated rings. The Morgan fingerprint density at radius 1 is 1.24 bits per heavy atom. The first-order chi connectivity index (χ1) is 10.2. The first-order valence-electron chi connectivity index (χ1n) is 6.16. The molecule has 21 heavy (non-hydrogen) atoms. The Bertz CT molecular complexity index is 877. The zero-order valence-corrected chi connectivity index (χ0v) is 10.8. The molecule has 0 aliphatic carbocycles. The molecule has 0 radical (unpaired) electrons. The summed E-state index contributed by atoms with van der Waals surface area (Å²) in [5.74, 6) is -0.943. The third-order valence-corrected chi connectivity index (χ3v) is 3.08. The Hall–Kier alpha value is -3.13. The number of carbonyl (C=O) groups is 1. The quantitative estimate of drug-likeness (QED) is 0.778. The number of benzene rings is 2. The van der Waals surface area contributed by atoms with Gasteiger partial charge in [-0.3, -0.25) is 4.79 Å². The molecule has 1 aromatic heterocycles. The summed E-state index contributed by atoms with van der Waals surface area (Å²) in [6.07, 6.45) is 1.36. The van der Waals surface area contributed by atoms with E-state index >= 15 is 0 Å². The maximum absolute atomic E-state index is 13.1. The Morgan fingerprint density at radius 3 is 2.86 bits per heavy atom. The number of nitriles is 1. The number of carbonyl (C=O) groups excluding carboxylic acids is 1. The average Bonchev–Trinajstić information content (AvgIpc) is 2.93. The van der Waals surface area contributed by atoms with Gasteiger partial charge in [0.1, 0.15) is 23.7 Å². The van der Waals surface area contributed by atoms with Crippen molar-refractivity contribution >= 4 is 22.6 Å². The van der Waals surface area contributed by atoms with Crippen LogP contribution in [0.2, 0.25) is 0 Å². The van der Waals surface area contributed by atoms with Gasteiger partial charge in [-0.05, 0) is 24.3 Å². The summed E-state index contributed by atoms with van der Waals surface area (Å²) >= 11 is 0. The zero-order valence-electron chi connectivity index (χ0n) is 10.8. The van der Waals surface area contributed by atoms with E-state index in [2.05, 4.69) is 5.32 Å². The summed E-state index contributed by atoms with van der Waals surface area (Å²) in [5.41, 5.74) is 1.28. The highest BCUT2D eigenvalue weighted by atomic mass is 19.1. The Labute approximate surface area is 119 Å². The van der Waals surface area contributed by atoms with Gasteiger partial charge < -0.3 is 9.73 Å². The molecule has 1 amide bonds. The highest BCUT2D eigenvalue weighted by molar-refractivity contribution is 6.12. The predicted octanol–water partition coefficient (Wildman–Crippen LogP) is 3.70. The number of rotatable bonds is 2. The number of hydrogen-bond acceptors (Lipinski definition) is 3. The molecule has 3 rings (SSSR count). The highest BCUT2D eigenvalue weighted by Crippen LogP contribution is 2.23. The van der Waals surface area contributed by atoms with E-state index in [0.29, 0.717) is 16.5 Å². The van der Waals surface area contributed by atoms with E-state index < -0.39 is 11.7 Å². The van der Waals surface area contributed by atoms with Gasteiger partial charge in [-0.1, -0.05) is 18.2 Å². The fourth-order valence-corrected chi connectivity index (χ4v) is 2.06. The number of halogens is 1. The van der Waals surface area contributed by atoms with Gasteiger partial charge in [0.25, 0.3) is 5.91 Å². The van der Waals surface area contributed by atoms with Crippen molar-refractivity contribution in [2.24, 2.45) is 0 Å². The lowest BCUT2D eigenvalue weighted by Gasteiger charge is -2.06. The number of fused-ring (bicyclic) bond motifs is 1. The van der Waals surface area contributed by atoms with Crippen LogP contribution in [0, 0.1) is 17.1 Å². The lowest BCUT2D eigenvalue weighted by atomic mass is 10.1. The van der Waals surface area contributed by atoms with Crippen molar-refractivity contribution in [1.29, 1.82) is 5.26 Å². The van der Waals surface area contributed by atoms with Crippen molar-refractivity contribution in [3.63, 3.8) is 0 Å². The minimum atomic E-state index is -0.529. The van der Waals surface area contributed by atoms with E-state index in [1.165, 1.54) is 18.4 Å². The molecule has 3 aromatic rings. The second-order valence-corrected chi connectivity index (χ2v) is 4.40. The van der Waals surface area contributed by atoms with Crippen LogP contribution in [0.3, 0.4) is 0 Å². The monoisotopic (exact) mass is 280 g/mol. The predicted molar refractivity (Wildman–Crippen MR) is 75.3 cm³/mol. The lowest BCUT2D eigenvalue weighted by molar-refractivity contribution is 0.102. The minimum Gasteiger partial charge on any atom is -0.463 e. The molecule has 0 saturated carbocycles. The molecule has 102 valence electrons. The third-order valence-electron chi connectivity index (χ3n) is 3.08. The molecule has 2 aromatic carbocycles. The SMILES string of the molecule is N#Cc1cc(F)ccc1NC(=O)c1coc2ccccc12. The summed E-state index contributed by atoms with van der Waals surface area (Å²) in [7, 11) is 0. The molecular formula is C16H9FN2O2. The van der Waals surface area contributed by atoms with Crippen LogP contribution in [0.25, 0.3) is 11.0 Å². The summed E-state index contributed by atoms with van der Waals surface area (Å²) in [6, 6.07) is 12.6. The van der Waals surface area contributed by atoms with Gasteiger partial charge in [-0.2, -0.15) is 5.26 Å². The zero-order chi connectivity index (χ0) is 14.8. The smallest absolute Gasteiger partial charge is 0.259 e. The molecule has 5 heteroatoms. The molecule has 1 heterocycles. The number of hydrogen-bond donors (Lipinski definition) is 1. The van der Waals surface area contributed by atoms with Crippen LogP contribution in [-0.4, -0.2) is 5.91 Å². The Balaban J connectivity index is 1.96. The van der Waals surface area contributed by atoms with Gasteiger partial charge in [0.15, 0.2) is 0 Å². The van der Waals surface area contributed by atoms with E-state index in [0.717, 1.165) is 6.07 Å². The van der Waals surface area contributed by atoms with Crippen LogP contribution in [0.5, 0.6) is 0 Å². The van der Waals surface area contributed by atoms with Gasteiger partial charge >= 0.3 is 0 Å². The van der Waals surface area contributed by atoms with E-state index in [9.17, 15) is 9.18 Å². The van der Waals surface area contributed by atoms with Crippen LogP contribution in [0.15, 0.2) is 53.1 Å². The normalized spacial score (nSPS) is 10.3. The fraction of sp³-hybridized carbons (Fsp3) is 0. The van der Waals surface area contributed by atoms with Gasteiger partial charge in [0.2, 0.25) is 0 Å². The molecule has 0 atom stereocenters. The molecule has 0 saturated heterocycles. The van der Waals surface area contributed by atoms with Crippen molar-refractivity contribution in [3.8, 4) is 6.07 Å². The maximum Gasteiger partial charge on any atom is 0.259 e. The van der Waals surface area contributed by atoms with Crippen molar-refractivity contribution < 1.29 is 13.6 Å². The molecule has 0 aliphatic rings. The Kier molecular flexibility index (Phi) is 3.13. The summed E-state index contributed by atoms with van der Waals surface area (Å²) in [6.45, 7) is 0. The van der Waals surface area contributed by atoms with Crippen molar-refractivity contribution in [2.45, 2.75) is 0 Å². The molecule has 4 nitrogen and oxygen atoms in total. The van der Waals surface area contributed by atoms with E-state index in [1.54, 1.807) is 24.3 Å². The number of para-hydroxylation sites is 1. The number of amides is 1.